The normalized spacial score (nSPS) is 9.88. The molecule has 1 heteroatoms. The quantitative estimate of drug-likeness (QED) is 0.501. The fourth-order valence-electron chi connectivity index (χ4n) is 2.46. The molecule has 0 aromatic heterocycles. The second kappa shape index (κ2) is 7.44. The minimum absolute atomic E-state index is 0.0490. The summed E-state index contributed by atoms with van der Waals surface area (Å²) in [6, 6.07) is 25.3. The van der Waals surface area contributed by atoms with Crippen molar-refractivity contribution in [2.75, 3.05) is 0 Å². The van der Waals surface area contributed by atoms with Crippen LogP contribution in [0.5, 0.6) is 0 Å². The number of rotatable bonds is 3. The van der Waals surface area contributed by atoms with E-state index in [1.54, 1.807) is 0 Å². The molecule has 3 rings (SSSR count). The standard InChI is InChI=1S/C23H18O/c1-18-13-15-21(16-14-18)23(24)22-12-6-11-20(17-22)10-5-9-19-7-3-2-4-8-19/h2-4,6-8,11-17H,10H2,1H3. The molecule has 0 fully saturated rings. The molecule has 0 amide bonds. The fraction of sp³-hybridized carbons (Fsp3) is 0.0870. The van der Waals surface area contributed by atoms with Crippen LogP contribution in [-0.2, 0) is 6.42 Å². The first kappa shape index (κ1) is 15.8. The van der Waals surface area contributed by atoms with Crippen molar-refractivity contribution in [2.45, 2.75) is 13.3 Å². The Hall–Kier alpha value is -3.11. The number of carbonyl (C=O) groups excluding carboxylic acids is 1. The van der Waals surface area contributed by atoms with E-state index in [0.717, 1.165) is 16.7 Å². The zero-order chi connectivity index (χ0) is 16.8. The Morgan fingerprint density at radius 2 is 1.58 bits per heavy atom. The van der Waals surface area contributed by atoms with Crippen LogP contribution in [-0.4, -0.2) is 5.78 Å². The minimum atomic E-state index is 0.0490. The molecule has 0 aliphatic carbocycles. The van der Waals surface area contributed by atoms with E-state index in [2.05, 4.69) is 11.8 Å². The highest BCUT2D eigenvalue weighted by Gasteiger charge is 2.08. The van der Waals surface area contributed by atoms with Gasteiger partial charge < -0.3 is 0 Å². The summed E-state index contributed by atoms with van der Waals surface area (Å²) in [5.41, 5.74) is 4.63. The lowest BCUT2D eigenvalue weighted by molar-refractivity contribution is 0.103. The summed E-state index contributed by atoms with van der Waals surface area (Å²) in [7, 11) is 0. The van der Waals surface area contributed by atoms with Crippen molar-refractivity contribution in [1.82, 2.24) is 0 Å². The molecular formula is C23H18O. The zero-order valence-corrected chi connectivity index (χ0v) is 13.6. The van der Waals surface area contributed by atoms with Crippen molar-refractivity contribution >= 4 is 5.78 Å². The van der Waals surface area contributed by atoms with Crippen LogP contribution in [0.2, 0.25) is 0 Å². The summed E-state index contributed by atoms with van der Waals surface area (Å²) in [4.78, 5) is 12.6. The molecule has 24 heavy (non-hydrogen) atoms. The summed E-state index contributed by atoms with van der Waals surface area (Å²) >= 11 is 0. The van der Waals surface area contributed by atoms with E-state index in [-0.39, 0.29) is 5.78 Å². The molecule has 0 aliphatic heterocycles. The summed E-state index contributed by atoms with van der Waals surface area (Å²) < 4.78 is 0. The molecule has 0 heterocycles. The maximum Gasteiger partial charge on any atom is 0.193 e. The third kappa shape index (κ3) is 4.00. The average molecular weight is 310 g/mol. The van der Waals surface area contributed by atoms with Gasteiger partial charge in [0, 0.05) is 23.1 Å². The molecule has 116 valence electrons. The van der Waals surface area contributed by atoms with Crippen molar-refractivity contribution < 1.29 is 4.79 Å². The van der Waals surface area contributed by atoms with E-state index < -0.39 is 0 Å². The average Bonchev–Trinajstić information content (AvgIpc) is 2.63. The molecule has 1 nitrogen and oxygen atoms in total. The maximum absolute atomic E-state index is 12.6. The van der Waals surface area contributed by atoms with Gasteiger partial charge in [0.2, 0.25) is 0 Å². The lowest BCUT2D eigenvalue weighted by Gasteiger charge is -2.03. The molecular weight excluding hydrogens is 292 g/mol. The molecule has 0 saturated heterocycles. The van der Waals surface area contributed by atoms with Gasteiger partial charge >= 0.3 is 0 Å². The van der Waals surface area contributed by atoms with Gasteiger partial charge in [-0.05, 0) is 30.7 Å². The highest BCUT2D eigenvalue weighted by Crippen LogP contribution is 2.13. The van der Waals surface area contributed by atoms with Gasteiger partial charge in [-0.2, -0.15) is 0 Å². The van der Waals surface area contributed by atoms with Crippen LogP contribution in [0.1, 0.15) is 32.6 Å². The molecule has 0 unspecified atom stereocenters. The first-order chi connectivity index (χ1) is 11.7. The Kier molecular flexibility index (Phi) is 4.89. The third-order valence-corrected chi connectivity index (χ3v) is 3.80. The monoisotopic (exact) mass is 310 g/mol. The van der Waals surface area contributed by atoms with Crippen molar-refractivity contribution in [3.63, 3.8) is 0 Å². The Balaban J connectivity index is 1.76. The lowest BCUT2D eigenvalue weighted by atomic mass is 9.99. The van der Waals surface area contributed by atoms with Crippen molar-refractivity contribution in [2.24, 2.45) is 0 Å². The lowest BCUT2D eigenvalue weighted by Crippen LogP contribution is -2.01. The van der Waals surface area contributed by atoms with Crippen molar-refractivity contribution in [3.05, 3.63) is 107 Å². The van der Waals surface area contributed by atoms with Crippen LogP contribution in [0.25, 0.3) is 0 Å². The molecule has 3 aromatic carbocycles. The van der Waals surface area contributed by atoms with E-state index in [4.69, 9.17) is 0 Å². The number of ketones is 1. The van der Waals surface area contributed by atoms with Gasteiger partial charge in [-0.1, -0.05) is 78.1 Å². The molecule has 0 N–H and O–H groups in total. The van der Waals surface area contributed by atoms with Crippen molar-refractivity contribution in [1.29, 1.82) is 0 Å². The third-order valence-electron chi connectivity index (χ3n) is 3.80. The topological polar surface area (TPSA) is 17.1 Å². The predicted octanol–water partition coefficient (Wildman–Crippen LogP) is 4.82. The molecule has 0 radical (unpaired) electrons. The summed E-state index contributed by atoms with van der Waals surface area (Å²) in [5, 5.41) is 0. The van der Waals surface area contributed by atoms with E-state index >= 15 is 0 Å². The molecule has 0 aliphatic rings. The molecule has 0 bridgehead atoms. The number of hydrogen-bond donors (Lipinski definition) is 0. The number of benzene rings is 3. The Morgan fingerprint density at radius 3 is 2.33 bits per heavy atom. The van der Waals surface area contributed by atoms with Crippen LogP contribution in [0.4, 0.5) is 0 Å². The van der Waals surface area contributed by atoms with Gasteiger partial charge in [-0.15, -0.1) is 0 Å². The number of aryl methyl sites for hydroxylation is 1. The van der Waals surface area contributed by atoms with Crippen LogP contribution in [0.15, 0.2) is 78.9 Å². The predicted molar refractivity (Wildman–Crippen MR) is 98.1 cm³/mol. The highest BCUT2D eigenvalue weighted by atomic mass is 16.1. The number of carbonyl (C=O) groups is 1. The van der Waals surface area contributed by atoms with Crippen LogP contribution < -0.4 is 0 Å². The molecule has 0 atom stereocenters. The first-order valence-electron chi connectivity index (χ1n) is 7.96. The fourth-order valence-corrected chi connectivity index (χ4v) is 2.46. The minimum Gasteiger partial charge on any atom is -0.289 e. The van der Waals surface area contributed by atoms with Gasteiger partial charge in [0.25, 0.3) is 0 Å². The zero-order valence-electron chi connectivity index (χ0n) is 13.6. The second-order valence-corrected chi connectivity index (χ2v) is 5.74. The Morgan fingerprint density at radius 1 is 0.833 bits per heavy atom. The molecule has 0 spiro atoms. The summed E-state index contributed by atoms with van der Waals surface area (Å²) in [6.07, 6.45) is 0.629. The summed E-state index contributed by atoms with van der Waals surface area (Å²) in [5.74, 6) is 6.36. The first-order valence-corrected chi connectivity index (χ1v) is 7.96. The van der Waals surface area contributed by atoms with Gasteiger partial charge in [0.15, 0.2) is 5.78 Å². The number of hydrogen-bond acceptors (Lipinski definition) is 1. The van der Waals surface area contributed by atoms with Gasteiger partial charge in [-0.25, -0.2) is 0 Å². The smallest absolute Gasteiger partial charge is 0.193 e. The Labute approximate surface area is 143 Å². The maximum atomic E-state index is 12.6. The van der Waals surface area contributed by atoms with E-state index in [1.165, 1.54) is 0 Å². The van der Waals surface area contributed by atoms with Crippen LogP contribution >= 0.6 is 0 Å². The Bertz CT molecular complexity index is 894. The molecule has 0 saturated carbocycles. The van der Waals surface area contributed by atoms with E-state index in [0.29, 0.717) is 17.5 Å². The second-order valence-electron chi connectivity index (χ2n) is 5.74. The van der Waals surface area contributed by atoms with E-state index in [1.807, 2.05) is 85.8 Å². The highest BCUT2D eigenvalue weighted by molar-refractivity contribution is 6.09. The largest absolute Gasteiger partial charge is 0.289 e. The van der Waals surface area contributed by atoms with Crippen LogP contribution in [0.3, 0.4) is 0 Å². The van der Waals surface area contributed by atoms with Crippen LogP contribution in [0, 0.1) is 18.8 Å². The van der Waals surface area contributed by atoms with E-state index in [9.17, 15) is 4.79 Å². The molecule has 3 aromatic rings. The summed E-state index contributed by atoms with van der Waals surface area (Å²) in [6.45, 7) is 2.01. The van der Waals surface area contributed by atoms with Crippen molar-refractivity contribution in [3.8, 4) is 11.8 Å². The van der Waals surface area contributed by atoms with Gasteiger partial charge in [0.1, 0.15) is 0 Å². The van der Waals surface area contributed by atoms with Gasteiger partial charge in [-0.3, -0.25) is 4.79 Å². The SMILES string of the molecule is Cc1ccc(C(=O)c2cccc(CC#Cc3ccccc3)c2)cc1. The van der Waals surface area contributed by atoms with Gasteiger partial charge in [0.05, 0.1) is 0 Å².